The van der Waals surface area contributed by atoms with Gasteiger partial charge in [0.05, 0.1) is 0 Å². The van der Waals surface area contributed by atoms with E-state index >= 15 is 0 Å². The number of hydrogen-bond donors (Lipinski definition) is 0. The summed E-state index contributed by atoms with van der Waals surface area (Å²) in [5, 5.41) is 0. The van der Waals surface area contributed by atoms with Crippen LogP contribution in [0.25, 0.3) is 0 Å². The number of carbonyl (C=O) groups is 3. The first-order valence-electron chi connectivity index (χ1n) is 24.5. The molecule has 0 amide bonds. The maximum Gasteiger partial charge on any atom is 0.306 e. The quantitative estimate of drug-likeness (QED) is 0.0200. The molecule has 61 heavy (non-hydrogen) atoms. The Labute approximate surface area is 374 Å². The van der Waals surface area contributed by atoms with E-state index < -0.39 is 12.1 Å². The van der Waals surface area contributed by atoms with Gasteiger partial charge in [0.25, 0.3) is 0 Å². The van der Waals surface area contributed by atoms with Crippen LogP contribution in [0.15, 0.2) is 109 Å². The molecule has 0 aliphatic heterocycles. The zero-order valence-electron chi connectivity index (χ0n) is 39.1. The summed E-state index contributed by atoms with van der Waals surface area (Å²) in [6.07, 6.45) is 65.0. The van der Waals surface area contributed by atoms with Gasteiger partial charge in [-0.15, -0.1) is 0 Å². The largest absolute Gasteiger partial charge is 0.462 e. The normalized spacial score (nSPS) is 13.0. The average molecular weight is 845 g/mol. The van der Waals surface area contributed by atoms with Crippen LogP contribution in [0, 0.1) is 0 Å². The standard InChI is InChI=1S/C55H88O6/c1-4-7-10-13-16-19-22-25-26-27-28-29-31-33-36-39-42-45-48-54(57)60-51-52(50-59-53(56)47-44-41-38-35-32-24-21-18-15-12-9-6-3)61-55(58)49-46-43-40-37-34-30-23-20-17-14-11-8-5-2/h8,11,14,17-18,20-23,25-30,34,37,40,52H,4-7,9-10,12-13,15-16,19,24,31-33,35-36,38-39,41-51H2,1-3H3/b11-8-,17-14-,21-18-,23-20-,25-22-,27-26-,29-28-,34-30-,40-37-. The molecule has 0 saturated heterocycles. The molecule has 0 bridgehead atoms. The monoisotopic (exact) mass is 845 g/mol. The average Bonchev–Trinajstić information content (AvgIpc) is 3.26. The molecule has 6 heteroatoms. The zero-order valence-corrected chi connectivity index (χ0v) is 39.1. The highest BCUT2D eigenvalue weighted by Gasteiger charge is 2.19. The van der Waals surface area contributed by atoms with E-state index in [2.05, 4.69) is 75.5 Å². The molecule has 0 aromatic rings. The zero-order chi connectivity index (χ0) is 44.4. The molecule has 0 N–H and O–H groups in total. The van der Waals surface area contributed by atoms with Crippen molar-refractivity contribution in [3.8, 4) is 0 Å². The topological polar surface area (TPSA) is 78.9 Å². The van der Waals surface area contributed by atoms with Crippen molar-refractivity contribution < 1.29 is 28.6 Å². The first-order chi connectivity index (χ1) is 30.0. The first-order valence-corrected chi connectivity index (χ1v) is 24.5. The number of rotatable bonds is 42. The van der Waals surface area contributed by atoms with Crippen LogP contribution in [0.2, 0.25) is 0 Å². The third kappa shape index (κ3) is 47.0. The molecule has 0 aromatic heterocycles. The van der Waals surface area contributed by atoms with Crippen LogP contribution < -0.4 is 0 Å². The number of esters is 3. The second kappa shape index (κ2) is 48.7. The molecule has 1 unspecified atom stereocenters. The Morgan fingerprint density at radius 2 is 0.672 bits per heavy atom. The molecular formula is C55H88O6. The molecule has 0 aliphatic rings. The number of hydrogen-bond acceptors (Lipinski definition) is 6. The van der Waals surface area contributed by atoms with Gasteiger partial charge in [-0.3, -0.25) is 14.4 Å². The Morgan fingerprint density at radius 3 is 1.13 bits per heavy atom. The molecule has 0 aromatic carbocycles. The third-order valence-corrected chi connectivity index (χ3v) is 9.92. The molecule has 0 rings (SSSR count). The van der Waals surface area contributed by atoms with Crippen molar-refractivity contribution in [1.29, 1.82) is 0 Å². The summed E-state index contributed by atoms with van der Waals surface area (Å²) in [7, 11) is 0. The summed E-state index contributed by atoms with van der Waals surface area (Å²) in [6.45, 7) is 6.34. The third-order valence-electron chi connectivity index (χ3n) is 9.92. The lowest BCUT2D eigenvalue weighted by Gasteiger charge is -2.18. The fourth-order valence-electron chi connectivity index (χ4n) is 6.23. The number of unbranched alkanes of at least 4 members (excludes halogenated alkanes) is 19. The van der Waals surface area contributed by atoms with Gasteiger partial charge in [0.15, 0.2) is 6.10 Å². The Hall–Kier alpha value is -3.93. The summed E-state index contributed by atoms with van der Waals surface area (Å²) in [4.78, 5) is 37.8. The fraction of sp³-hybridized carbons (Fsp3) is 0.618. The van der Waals surface area contributed by atoms with E-state index in [1.165, 1.54) is 64.2 Å². The van der Waals surface area contributed by atoms with Gasteiger partial charge in [-0.05, 0) is 83.5 Å². The molecule has 0 spiro atoms. The van der Waals surface area contributed by atoms with Crippen LogP contribution >= 0.6 is 0 Å². The minimum Gasteiger partial charge on any atom is -0.462 e. The molecule has 0 heterocycles. The number of ether oxygens (including phenoxy) is 3. The Kier molecular flexibility index (Phi) is 45.6. The molecule has 0 saturated carbocycles. The second-order valence-electron chi connectivity index (χ2n) is 15.8. The molecular weight excluding hydrogens is 757 g/mol. The second-order valence-corrected chi connectivity index (χ2v) is 15.8. The highest BCUT2D eigenvalue weighted by molar-refractivity contribution is 5.71. The SMILES string of the molecule is CC\C=C/C=C\C=C/C=C\C=C/CCCC(=O)OC(COC(=O)CCCCCCC\C=C/C=C\C=C/CCCCCCC)COC(=O)CCCCCCC/C=C\CCCCC. The van der Waals surface area contributed by atoms with E-state index in [0.717, 1.165) is 89.9 Å². The van der Waals surface area contributed by atoms with Gasteiger partial charge in [-0.25, -0.2) is 0 Å². The van der Waals surface area contributed by atoms with Crippen LogP contribution in [0.5, 0.6) is 0 Å². The summed E-state index contributed by atoms with van der Waals surface area (Å²) < 4.78 is 16.7. The maximum atomic E-state index is 12.7. The van der Waals surface area contributed by atoms with Gasteiger partial charge in [-0.2, -0.15) is 0 Å². The summed E-state index contributed by atoms with van der Waals surface area (Å²) in [5.74, 6) is -1.03. The fourth-order valence-corrected chi connectivity index (χ4v) is 6.23. The van der Waals surface area contributed by atoms with Crippen LogP contribution in [0.4, 0.5) is 0 Å². The smallest absolute Gasteiger partial charge is 0.306 e. The van der Waals surface area contributed by atoms with Crippen molar-refractivity contribution in [3.05, 3.63) is 109 Å². The maximum absolute atomic E-state index is 12.7. The van der Waals surface area contributed by atoms with Gasteiger partial charge in [0.1, 0.15) is 13.2 Å². The minimum atomic E-state index is -0.827. The van der Waals surface area contributed by atoms with Gasteiger partial charge in [0.2, 0.25) is 0 Å². The van der Waals surface area contributed by atoms with Crippen molar-refractivity contribution in [2.45, 2.75) is 207 Å². The van der Waals surface area contributed by atoms with Gasteiger partial charge in [-0.1, -0.05) is 207 Å². The van der Waals surface area contributed by atoms with Crippen molar-refractivity contribution in [2.24, 2.45) is 0 Å². The number of carbonyl (C=O) groups excluding carboxylic acids is 3. The van der Waals surface area contributed by atoms with E-state index in [-0.39, 0.29) is 31.6 Å². The molecule has 0 fully saturated rings. The Bertz CT molecular complexity index is 1290. The Morgan fingerprint density at radius 1 is 0.344 bits per heavy atom. The lowest BCUT2D eigenvalue weighted by molar-refractivity contribution is -0.167. The molecule has 0 radical (unpaired) electrons. The predicted octanol–water partition coefficient (Wildman–Crippen LogP) is 16.0. The van der Waals surface area contributed by atoms with Crippen molar-refractivity contribution in [2.75, 3.05) is 13.2 Å². The minimum absolute atomic E-state index is 0.120. The van der Waals surface area contributed by atoms with Crippen LogP contribution in [0.3, 0.4) is 0 Å². The van der Waals surface area contributed by atoms with E-state index in [4.69, 9.17) is 14.2 Å². The summed E-state index contributed by atoms with van der Waals surface area (Å²) >= 11 is 0. The molecule has 0 aliphatic carbocycles. The van der Waals surface area contributed by atoms with Crippen molar-refractivity contribution in [1.82, 2.24) is 0 Å². The van der Waals surface area contributed by atoms with E-state index in [1.807, 2.05) is 54.7 Å². The first kappa shape index (κ1) is 57.1. The van der Waals surface area contributed by atoms with Gasteiger partial charge >= 0.3 is 17.9 Å². The van der Waals surface area contributed by atoms with Gasteiger partial charge < -0.3 is 14.2 Å². The van der Waals surface area contributed by atoms with Crippen molar-refractivity contribution in [3.63, 3.8) is 0 Å². The molecule has 344 valence electrons. The van der Waals surface area contributed by atoms with Crippen molar-refractivity contribution >= 4 is 17.9 Å². The highest BCUT2D eigenvalue weighted by atomic mass is 16.6. The highest BCUT2D eigenvalue weighted by Crippen LogP contribution is 2.12. The van der Waals surface area contributed by atoms with Crippen LogP contribution in [0.1, 0.15) is 201 Å². The van der Waals surface area contributed by atoms with Crippen LogP contribution in [-0.4, -0.2) is 37.2 Å². The van der Waals surface area contributed by atoms with Gasteiger partial charge in [0, 0.05) is 19.3 Å². The molecule has 6 nitrogen and oxygen atoms in total. The summed E-state index contributed by atoms with van der Waals surface area (Å²) in [6, 6.07) is 0. The van der Waals surface area contributed by atoms with E-state index in [0.29, 0.717) is 19.3 Å². The Balaban J connectivity index is 4.53. The van der Waals surface area contributed by atoms with E-state index in [9.17, 15) is 14.4 Å². The predicted molar refractivity (Wildman–Crippen MR) is 260 cm³/mol. The number of allylic oxidation sites excluding steroid dienone is 18. The molecule has 1 atom stereocenters. The lowest BCUT2D eigenvalue weighted by Crippen LogP contribution is -2.30. The van der Waals surface area contributed by atoms with E-state index in [1.54, 1.807) is 0 Å². The lowest BCUT2D eigenvalue weighted by atomic mass is 10.1. The van der Waals surface area contributed by atoms with Crippen LogP contribution in [-0.2, 0) is 28.6 Å². The summed E-state index contributed by atoms with van der Waals surface area (Å²) in [5.41, 5.74) is 0.